The van der Waals surface area contributed by atoms with E-state index in [1.54, 1.807) is 12.4 Å². The molecule has 1 aliphatic carbocycles. The number of carbonyl (C=O) groups excluding carboxylic acids is 2. The van der Waals surface area contributed by atoms with Gasteiger partial charge in [-0.3, -0.25) is 4.79 Å². The van der Waals surface area contributed by atoms with E-state index in [1.807, 2.05) is 51.7 Å². The van der Waals surface area contributed by atoms with Gasteiger partial charge in [-0.25, -0.2) is 14.8 Å². The minimum Gasteiger partial charge on any atom is -0.442 e. The molecule has 8 heteroatoms. The fourth-order valence-corrected chi connectivity index (χ4v) is 4.80. The number of amides is 1. The van der Waals surface area contributed by atoms with Gasteiger partial charge in [-0.15, -0.1) is 0 Å². The molecule has 33 heavy (non-hydrogen) atoms. The van der Waals surface area contributed by atoms with Gasteiger partial charge in [0.2, 0.25) is 0 Å². The van der Waals surface area contributed by atoms with Crippen molar-refractivity contribution in [2.24, 2.45) is 5.41 Å². The van der Waals surface area contributed by atoms with E-state index in [9.17, 15) is 9.59 Å². The summed E-state index contributed by atoms with van der Waals surface area (Å²) in [5.41, 5.74) is 3.02. The highest BCUT2D eigenvalue weighted by Gasteiger charge is 2.49. The molecule has 5 rings (SSSR count). The van der Waals surface area contributed by atoms with Gasteiger partial charge in [0.15, 0.2) is 5.69 Å². The van der Waals surface area contributed by atoms with Crippen molar-refractivity contribution >= 4 is 22.9 Å². The average molecular weight is 448 g/mol. The van der Waals surface area contributed by atoms with Crippen molar-refractivity contribution in [3.8, 4) is 11.1 Å². The topological polar surface area (TPSA) is 90.2 Å². The number of fused-ring (bicyclic) bond motifs is 1. The fourth-order valence-electron chi connectivity index (χ4n) is 4.80. The standard InChI is InChI=1S/C25H29N5O3/c1-15-9-17(18-11-26-16(2)27-12-18)10-19-20(22(31)29-13-25(14-29)7-6-8-25)28-30(21(15)19)23(32)33-24(3,4)5/h9-12H,6-8,13-14H2,1-5H3. The van der Waals surface area contributed by atoms with Crippen molar-refractivity contribution in [3.63, 3.8) is 0 Å². The summed E-state index contributed by atoms with van der Waals surface area (Å²) in [5.74, 6) is 0.546. The van der Waals surface area contributed by atoms with Crippen molar-refractivity contribution in [1.82, 2.24) is 24.6 Å². The Morgan fingerprint density at radius 1 is 1.03 bits per heavy atom. The van der Waals surface area contributed by atoms with Crippen molar-refractivity contribution < 1.29 is 14.3 Å². The Morgan fingerprint density at radius 3 is 2.27 bits per heavy atom. The maximum absolute atomic E-state index is 13.5. The Bertz CT molecular complexity index is 1260. The first-order valence-corrected chi connectivity index (χ1v) is 11.4. The molecule has 0 atom stereocenters. The zero-order valence-corrected chi connectivity index (χ0v) is 19.8. The Labute approximate surface area is 193 Å². The third kappa shape index (κ3) is 3.77. The third-order valence-corrected chi connectivity index (χ3v) is 6.60. The summed E-state index contributed by atoms with van der Waals surface area (Å²) in [5, 5.41) is 5.13. The van der Waals surface area contributed by atoms with Crippen LogP contribution in [-0.4, -0.2) is 55.3 Å². The Kier molecular flexibility index (Phi) is 4.81. The van der Waals surface area contributed by atoms with Crippen LogP contribution in [-0.2, 0) is 4.74 Å². The molecule has 1 amide bonds. The first kappa shape index (κ1) is 21.6. The molecule has 3 heterocycles. The lowest BCUT2D eigenvalue weighted by atomic mass is 9.63. The zero-order valence-electron chi connectivity index (χ0n) is 19.8. The van der Waals surface area contributed by atoms with Crippen LogP contribution < -0.4 is 0 Å². The zero-order chi connectivity index (χ0) is 23.5. The molecule has 8 nitrogen and oxygen atoms in total. The van der Waals surface area contributed by atoms with Crippen LogP contribution in [0.15, 0.2) is 24.5 Å². The van der Waals surface area contributed by atoms with Gasteiger partial charge in [0, 0.05) is 41.8 Å². The summed E-state index contributed by atoms with van der Waals surface area (Å²) in [6.07, 6.45) is 6.53. The highest BCUT2D eigenvalue weighted by Crippen LogP contribution is 2.48. The number of carbonyl (C=O) groups is 2. The van der Waals surface area contributed by atoms with Crippen molar-refractivity contribution in [3.05, 3.63) is 41.6 Å². The molecule has 1 aromatic carbocycles. The Hall–Kier alpha value is -3.29. The summed E-state index contributed by atoms with van der Waals surface area (Å²) in [6, 6.07) is 3.86. The van der Waals surface area contributed by atoms with Crippen molar-refractivity contribution in [2.75, 3.05) is 13.1 Å². The van der Waals surface area contributed by atoms with Crippen molar-refractivity contribution in [2.45, 2.75) is 59.5 Å². The second-order valence-corrected chi connectivity index (χ2v) is 10.5. The van der Waals surface area contributed by atoms with E-state index in [1.165, 1.54) is 23.9 Å². The first-order valence-electron chi connectivity index (χ1n) is 11.4. The molecule has 1 saturated carbocycles. The fraction of sp³-hybridized carbons (Fsp3) is 0.480. The second kappa shape index (κ2) is 7.37. The lowest BCUT2D eigenvalue weighted by Crippen LogP contribution is -2.61. The molecule has 0 radical (unpaired) electrons. The van der Waals surface area contributed by atoms with E-state index in [0.717, 1.165) is 29.8 Å². The molecule has 3 aromatic rings. The number of benzene rings is 1. The molecular weight excluding hydrogens is 418 g/mol. The average Bonchev–Trinajstić information content (AvgIpc) is 3.05. The molecule has 0 bridgehead atoms. The van der Waals surface area contributed by atoms with E-state index in [2.05, 4.69) is 15.1 Å². The molecule has 1 saturated heterocycles. The number of likely N-dealkylation sites (tertiary alicyclic amines) is 1. The number of rotatable bonds is 2. The lowest BCUT2D eigenvalue weighted by Gasteiger charge is -2.55. The monoisotopic (exact) mass is 447 g/mol. The van der Waals surface area contributed by atoms with Crippen LogP contribution in [0.3, 0.4) is 0 Å². The third-order valence-electron chi connectivity index (χ3n) is 6.60. The molecule has 0 unspecified atom stereocenters. The van der Waals surface area contributed by atoms with Crippen LogP contribution in [0.4, 0.5) is 4.79 Å². The number of hydrogen-bond donors (Lipinski definition) is 0. The molecular formula is C25H29N5O3. The SMILES string of the molecule is Cc1ncc(-c2cc(C)c3c(c2)c(C(=O)N2CC4(CCC4)C2)nn3C(=O)OC(C)(C)C)cn1. The molecule has 1 spiro atoms. The predicted octanol–water partition coefficient (Wildman–Crippen LogP) is 4.52. The maximum atomic E-state index is 13.5. The minimum absolute atomic E-state index is 0.142. The van der Waals surface area contributed by atoms with Gasteiger partial charge in [0.05, 0.1) is 5.52 Å². The van der Waals surface area contributed by atoms with Gasteiger partial charge in [-0.1, -0.05) is 6.42 Å². The summed E-state index contributed by atoms with van der Waals surface area (Å²) < 4.78 is 6.82. The molecule has 1 aliphatic heterocycles. The van der Waals surface area contributed by atoms with Crippen LogP contribution in [0, 0.1) is 19.3 Å². The first-order chi connectivity index (χ1) is 15.6. The maximum Gasteiger partial charge on any atom is 0.435 e. The molecule has 2 aromatic heterocycles. The number of aryl methyl sites for hydroxylation is 2. The van der Waals surface area contributed by atoms with Gasteiger partial charge in [-0.05, 0) is 70.7 Å². The normalized spacial score (nSPS) is 17.1. The number of hydrogen-bond acceptors (Lipinski definition) is 6. The van der Waals surface area contributed by atoms with E-state index in [0.29, 0.717) is 22.1 Å². The summed E-state index contributed by atoms with van der Waals surface area (Å²) in [6.45, 7) is 10.7. The minimum atomic E-state index is -0.680. The highest BCUT2D eigenvalue weighted by atomic mass is 16.6. The molecule has 2 aliphatic rings. The van der Waals surface area contributed by atoms with Crippen LogP contribution in [0.25, 0.3) is 22.0 Å². The summed E-state index contributed by atoms with van der Waals surface area (Å²) >= 11 is 0. The summed E-state index contributed by atoms with van der Waals surface area (Å²) in [7, 11) is 0. The predicted molar refractivity (Wildman–Crippen MR) is 124 cm³/mol. The smallest absolute Gasteiger partial charge is 0.435 e. The van der Waals surface area contributed by atoms with Gasteiger partial charge >= 0.3 is 6.09 Å². The van der Waals surface area contributed by atoms with E-state index in [4.69, 9.17) is 4.74 Å². The van der Waals surface area contributed by atoms with E-state index >= 15 is 0 Å². The number of nitrogens with zero attached hydrogens (tertiary/aromatic N) is 5. The van der Waals surface area contributed by atoms with Gasteiger partial charge in [0.25, 0.3) is 5.91 Å². The Balaban J connectivity index is 1.61. The molecule has 172 valence electrons. The van der Waals surface area contributed by atoms with Crippen LogP contribution in [0.1, 0.15) is 61.9 Å². The van der Waals surface area contributed by atoms with Gasteiger partial charge in [-0.2, -0.15) is 9.78 Å². The van der Waals surface area contributed by atoms with Gasteiger partial charge < -0.3 is 9.64 Å². The molecule has 0 N–H and O–H groups in total. The lowest BCUT2D eigenvalue weighted by molar-refractivity contribution is -0.0428. The highest BCUT2D eigenvalue weighted by molar-refractivity contribution is 6.08. The van der Waals surface area contributed by atoms with E-state index in [-0.39, 0.29) is 11.6 Å². The number of ether oxygens (including phenoxy) is 1. The van der Waals surface area contributed by atoms with Crippen LogP contribution in [0.5, 0.6) is 0 Å². The quantitative estimate of drug-likeness (QED) is 0.574. The van der Waals surface area contributed by atoms with Crippen LogP contribution in [0.2, 0.25) is 0 Å². The molecule has 2 fully saturated rings. The van der Waals surface area contributed by atoms with E-state index < -0.39 is 11.7 Å². The Morgan fingerprint density at radius 2 is 1.70 bits per heavy atom. The largest absolute Gasteiger partial charge is 0.442 e. The second-order valence-electron chi connectivity index (χ2n) is 10.5. The van der Waals surface area contributed by atoms with Crippen LogP contribution >= 0.6 is 0 Å². The van der Waals surface area contributed by atoms with Crippen molar-refractivity contribution in [1.29, 1.82) is 0 Å². The number of aromatic nitrogens is 4. The van der Waals surface area contributed by atoms with Gasteiger partial charge in [0.1, 0.15) is 11.4 Å². The summed E-state index contributed by atoms with van der Waals surface area (Å²) in [4.78, 5) is 36.9.